The molecule has 0 aromatic carbocycles. The number of nitrogens with one attached hydrogen (secondary N) is 1. The molecule has 0 radical (unpaired) electrons. The van der Waals surface area contributed by atoms with E-state index in [0.29, 0.717) is 18.9 Å². The number of anilines is 1. The molecule has 1 atom stereocenters. The van der Waals surface area contributed by atoms with Crippen LogP contribution in [0.5, 0.6) is 0 Å². The van der Waals surface area contributed by atoms with E-state index in [0.717, 1.165) is 35.9 Å². The Morgan fingerprint density at radius 2 is 1.93 bits per heavy atom. The van der Waals surface area contributed by atoms with Gasteiger partial charge in [-0.25, -0.2) is 9.78 Å². The molecule has 3 aromatic heterocycles. The molecule has 0 aliphatic carbocycles. The normalized spacial score (nSPS) is 15.9. The number of carbonyl (C=O) groups excluding carboxylic acids is 1. The van der Waals surface area contributed by atoms with Crippen molar-refractivity contribution in [1.29, 1.82) is 0 Å². The molecule has 1 aliphatic heterocycles. The number of urea groups is 1. The SMILES string of the molecule is Cc1cc(N2CCN(C(=O)NC(C)c3cnn(C)c3C)CC2)n2ncnc2n1. The van der Waals surface area contributed by atoms with Gasteiger partial charge in [0.25, 0.3) is 5.78 Å². The van der Waals surface area contributed by atoms with E-state index in [2.05, 4.69) is 30.4 Å². The zero-order valence-corrected chi connectivity index (χ0v) is 16.6. The summed E-state index contributed by atoms with van der Waals surface area (Å²) in [5.74, 6) is 1.55. The minimum atomic E-state index is -0.0862. The molecule has 4 rings (SSSR count). The minimum Gasteiger partial charge on any atom is -0.353 e. The summed E-state index contributed by atoms with van der Waals surface area (Å²) in [5.41, 5.74) is 2.99. The maximum absolute atomic E-state index is 12.7. The molecule has 1 saturated heterocycles. The van der Waals surface area contributed by atoms with Crippen LogP contribution >= 0.6 is 0 Å². The number of rotatable bonds is 3. The fourth-order valence-electron chi connectivity index (χ4n) is 3.57. The molecule has 1 unspecified atom stereocenters. The number of aryl methyl sites for hydroxylation is 2. The van der Waals surface area contributed by atoms with Crippen LogP contribution in [0.2, 0.25) is 0 Å². The summed E-state index contributed by atoms with van der Waals surface area (Å²) in [6.07, 6.45) is 3.32. The molecule has 1 fully saturated rings. The first-order valence-corrected chi connectivity index (χ1v) is 9.40. The number of aromatic nitrogens is 6. The summed E-state index contributed by atoms with van der Waals surface area (Å²) in [5, 5.41) is 11.6. The number of nitrogens with zero attached hydrogens (tertiary/aromatic N) is 8. The predicted molar refractivity (Wildman–Crippen MR) is 104 cm³/mol. The number of hydrogen-bond donors (Lipinski definition) is 1. The minimum absolute atomic E-state index is 0.0489. The van der Waals surface area contributed by atoms with Gasteiger partial charge in [0.15, 0.2) is 0 Å². The predicted octanol–water partition coefficient (Wildman–Crippen LogP) is 1.07. The number of piperazine rings is 1. The lowest BCUT2D eigenvalue weighted by Gasteiger charge is -2.36. The lowest BCUT2D eigenvalue weighted by Crippen LogP contribution is -2.52. The number of amides is 2. The molecule has 0 spiro atoms. The van der Waals surface area contributed by atoms with Crippen LogP contribution < -0.4 is 10.2 Å². The average molecular weight is 383 g/mol. The molecule has 10 nitrogen and oxygen atoms in total. The summed E-state index contributed by atoms with van der Waals surface area (Å²) in [6.45, 7) is 8.68. The average Bonchev–Trinajstić information content (AvgIpc) is 3.28. The van der Waals surface area contributed by atoms with E-state index >= 15 is 0 Å². The molecular formula is C18H25N9O. The van der Waals surface area contributed by atoms with Gasteiger partial charge >= 0.3 is 6.03 Å². The van der Waals surface area contributed by atoms with Crippen molar-refractivity contribution < 1.29 is 4.79 Å². The van der Waals surface area contributed by atoms with Gasteiger partial charge in [0.2, 0.25) is 0 Å². The summed E-state index contributed by atoms with van der Waals surface area (Å²) in [6, 6.07) is 1.87. The molecule has 28 heavy (non-hydrogen) atoms. The summed E-state index contributed by atoms with van der Waals surface area (Å²) in [7, 11) is 1.90. The second-order valence-corrected chi connectivity index (χ2v) is 7.18. The first-order valence-electron chi connectivity index (χ1n) is 9.40. The van der Waals surface area contributed by atoms with Crippen LogP contribution in [0.25, 0.3) is 5.78 Å². The van der Waals surface area contributed by atoms with Crippen molar-refractivity contribution >= 4 is 17.6 Å². The van der Waals surface area contributed by atoms with Gasteiger partial charge in [-0.3, -0.25) is 4.68 Å². The van der Waals surface area contributed by atoms with Crippen molar-refractivity contribution in [2.75, 3.05) is 31.1 Å². The van der Waals surface area contributed by atoms with Crippen molar-refractivity contribution in [2.45, 2.75) is 26.8 Å². The molecule has 0 bridgehead atoms. The topological polar surface area (TPSA) is 96.5 Å². The summed E-state index contributed by atoms with van der Waals surface area (Å²) >= 11 is 0. The maximum atomic E-state index is 12.7. The van der Waals surface area contributed by atoms with E-state index in [9.17, 15) is 4.79 Å². The second-order valence-electron chi connectivity index (χ2n) is 7.18. The van der Waals surface area contributed by atoms with Crippen LogP contribution in [0.4, 0.5) is 10.6 Å². The maximum Gasteiger partial charge on any atom is 0.317 e. The van der Waals surface area contributed by atoms with Gasteiger partial charge in [-0.1, -0.05) is 0 Å². The standard InChI is InChI=1S/C18H25N9O/c1-12-9-16(27-17(22-12)19-11-21-27)25-5-7-26(8-6-25)18(28)23-13(2)15-10-20-24(4)14(15)3/h9-11,13H,5-8H2,1-4H3,(H,23,28). The second kappa shape index (κ2) is 7.10. The third kappa shape index (κ3) is 3.25. The quantitative estimate of drug-likeness (QED) is 0.727. The molecule has 1 N–H and O–H groups in total. The van der Waals surface area contributed by atoms with Gasteiger partial charge in [0.05, 0.1) is 12.2 Å². The van der Waals surface area contributed by atoms with Crippen LogP contribution in [0.15, 0.2) is 18.6 Å². The first kappa shape index (κ1) is 18.2. The zero-order valence-electron chi connectivity index (χ0n) is 16.6. The van der Waals surface area contributed by atoms with Gasteiger partial charge in [0, 0.05) is 56.2 Å². The third-order valence-corrected chi connectivity index (χ3v) is 5.33. The molecule has 1 aliphatic rings. The number of carbonyl (C=O) groups is 1. The molecular weight excluding hydrogens is 358 g/mol. The van der Waals surface area contributed by atoms with Gasteiger partial charge < -0.3 is 15.1 Å². The van der Waals surface area contributed by atoms with Crippen LogP contribution in [0.3, 0.4) is 0 Å². The zero-order chi connectivity index (χ0) is 19.8. The van der Waals surface area contributed by atoms with Crippen molar-refractivity contribution in [1.82, 2.24) is 39.6 Å². The smallest absolute Gasteiger partial charge is 0.317 e. The molecule has 0 saturated carbocycles. The van der Waals surface area contributed by atoms with E-state index < -0.39 is 0 Å². The Kier molecular flexibility index (Phi) is 4.62. The van der Waals surface area contributed by atoms with Gasteiger partial charge in [-0.05, 0) is 20.8 Å². The highest BCUT2D eigenvalue weighted by Crippen LogP contribution is 2.19. The molecule has 148 valence electrons. The first-order chi connectivity index (χ1) is 13.4. The summed E-state index contributed by atoms with van der Waals surface area (Å²) < 4.78 is 3.56. The Morgan fingerprint density at radius 3 is 2.61 bits per heavy atom. The van der Waals surface area contributed by atoms with E-state index in [-0.39, 0.29) is 12.1 Å². The molecule has 4 heterocycles. The molecule has 2 amide bonds. The highest BCUT2D eigenvalue weighted by molar-refractivity contribution is 5.75. The lowest BCUT2D eigenvalue weighted by molar-refractivity contribution is 0.191. The summed E-state index contributed by atoms with van der Waals surface area (Å²) in [4.78, 5) is 25.3. The van der Waals surface area contributed by atoms with Gasteiger partial charge in [0.1, 0.15) is 12.1 Å². The largest absolute Gasteiger partial charge is 0.353 e. The van der Waals surface area contributed by atoms with Crippen molar-refractivity contribution in [2.24, 2.45) is 7.05 Å². The van der Waals surface area contributed by atoms with Crippen LogP contribution in [-0.2, 0) is 7.05 Å². The molecule has 10 heteroatoms. The van der Waals surface area contributed by atoms with E-state index in [1.54, 1.807) is 4.52 Å². The van der Waals surface area contributed by atoms with Crippen molar-refractivity contribution in [3.8, 4) is 0 Å². The van der Waals surface area contributed by atoms with E-state index in [1.807, 2.05) is 49.7 Å². The van der Waals surface area contributed by atoms with Gasteiger partial charge in [-0.15, -0.1) is 0 Å². The van der Waals surface area contributed by atoms with Crippen molar-refractivity contribution in [3.63, 3.8) is 0 Å². The fraction of sp³-hybridized carbons (Fsp3) is 0.500. The Bertz CT molecular complexity index is 1000. The highest BCUT2D eigenvalue weighted by atomic mass is 16.2. The highest BCUT2D eigenvalue weighted by Gasteiger charge is 2.25. The van der Waals surface area contributed by atoms with Crippen molar-refractivity contribution in [3.05, 3.63) is 35.5 Å². The number of hydrogen-bond acceptors (Lipinski definition) is 6. The van der Waals surface area contributed by atoms with Crippen LogP contribution in [-0.4, -0.2) is 66.5 Å². The Labute approximate surface area is 163 Å². The lowest BCUT2D eigenvalue weighted by atomic mass is 10.1. The Balaban J connectivity index is 1.40. The Morgan fingerprint density at radius 1 is 1.18 bits per heavy atom. The fourth-order valence-corrected chi connectivity index (χ4v) is 3.57. The van der Waals surface area contributed by atoms with E-state index in [4.69, 9.17) is 0 Å². The van der Waals surface area contributed by atoms with Crippen LogP contribution in [0.1, 0.15) is 29.9 Å². The number of fused-ring (bicyclic) bond motifs is 1. The molecule has 3 aromatic rings. The third-order valence-electron chi connectivity index (χ3n) is 5.33. The Hall–Kier alpha value is -3.17. The monoisotopic (exact) mass is 383 g/mol. The van der Waals surface area contributed by atoms with Crippen LogP contribution in [0, 0.1) is 13.8 Å². The van der Waals surface area contributed by atoms with E-state index in [1.165, 1.54) is 6.33 Å². The van der Waals surface area contributed by atoms with Gasteiger partial charge in [-0.2, -0.15) is 19.7 Å².